The van der Waals surface area contributed by atoms with Gasteiger partial charge in [-0.05, 0) is 29.9 Å². The molecule has 1 N–H and O–H groups in total. The molecule has 0 aliphatic rings. The van der Waals surface area contributed by atoms with Crippen molar-refractivity contribution in [2.24, 2.45) is 0 Å². The Labute approximate surface area is 154 Å². The van der Waals surface area contributed by atoms with Crippen molar-refractivity contribution in [2.75, 3.05) is 11.1 Å². The number of carbonyl (C=O) groups is 1. The fraction of sp³-hybridized carbons (Fsp3) is 0.278. The monoisotopic (exact) mass is 369 g/mol. The van der Waals surface area contributed by atoms with Crippen molar-refractivity contribution in [3.63, 3.8) is 0 Å². The number of benzene rings is 1. The van der Waals surface area contributed by atoms with Crippen LogP contribution < -0.4 is 10.9 Å². The number of nitrogens with zero attached hydrogens (tertiary/aromatic N) is 4. The zero-order chi connectivity index (χ0) is 18.5. The maximum absolute atomic E-state index is 12.5. The smallest absolute Gasteiger partial charge is 0.264 e. The Bertz CT molecular complexity index is 1000. The van der Waals surface area contributed by atoms with Crippen LogP contribution in [-0.2, 0) is 17.8 Å². The van der Waals surface area contributed by atoms with Crippen molar-refractivity contribution >= 4 is 34.4 Å². The lowest BCUT2D eigenvalue weighted by molar-refractivity contribution is -0.116. The van der Waals surface area contributed by atoms with Gasteiger partial charge in [-0.3, -0.25) is 14.2 Å². The van der Waals surface area contributed by atoms with Crippen LogP contribution in [0.15, 0.2) is 46.7 Å². The summed E-state index contributed by atoms with van der Waals surface area (Å²) in [5, 5.41) is 3.69. The largest absolute Gasteiger partial charge is 0.325 e. The van der Waals surface area contributed by atoms with Crippen LogP contribution in [0.2, 0.25) is 0 Å². The summed E-state index contributed by atoms with van der Waals surface area (Å²) in [5.74, 6) is 0.544. The Morgan fingerprint density at radius 2 is 2.12 bits per heavy atom. The standard InChI is InChI=1S/C18H19N5O2S/c1-3-12-6-5-7-13(8-12)21-15(24)10-23-11-20-16-14(17(23)25)9-19-18(22-16)26-4-2/h5-9,11H,3-4,10H2,1-2H3,(H,21,24). The molecular weight excluding hydrogens is 350 g/mol. The maximum Gasteiger partial charge on any atom is 0.264 e. The molecule has 0 saturated heterocycles. The van der Waals surface area contributed by atoms with Crippen molar-refractivity contribution in [1.29, 1.82) is 0 Å². The lowest BCUT2D eigenvalue weighted by atomic mass is 10.1. The van der Waals surface area contributed by atoms with Crippen LogP contribution in [0.25, 0.3) is 11.0 Å². The molecule has 2 aromatic heterocycles. The van der Waals surface area contributed by atoms with Crippen molar-refractivity contribution in [1.82, 2.24) is 19.5 Å². The lowest BCUT2D eigenvalue weighted by Crippen LogP contribution is -2.28. The van der Waals surface area contributed by atoms with E-state index in [1.807, 2.05) is 38.1 Å². The molecular formula is C18H19N5O2S. The Balaban J connectivity index is 1.79. The average molecular weight is 369 g/mol. The van der Waals surface area contributed by atoms with E-state index >= 15 is 0 Å². The number of carbonyl (C=O) groups excluding carboxylic acids is 1. The summed E-state index contributed by atoms with van der Waals surface area (Å²) in [5.41, 5.74) is 1.85. The van der Waals surface area contributed by atoms with Gasteiger partial charge >= 0.3 is 0 Å². The molecule has 0 aliphatic carbocycles. The molecule has 0 saturated carbocycles. The van der Waals surface area contributed by atoms with Gasteiger partial charge in [0, 0.05) is 11.9 Å². The first-order valence-electron chi connectivity index (χ1n) is 8.34. The van der Waals surface area contributed by atoms with Gasteiger partial charge < -0.3 is 5.32 Å². The number of hydrogen-bond acceptors (Lipinski definition) is 6. The molecule has 0 atom stereocenters. The number of fused-ring (bicyclic) bond motifs is 1. The highest BCUT2D eigenvalue weighted by molar-refractivity contribution is 7.99. The zero-order valence-corrected chi connectivity index (χ0v) is 15.4. The lowest BCUT2D eigenvalue weighted by Gasteiger charge is -2.09. The number of hydrogen-bond donors (Lipinski definition) is 1. The number of anilines is 1. The first kappa shape index (κ1) is 18.1. The van der Waals surface area contributed by atoms with Crippen LogP contribution in [0.3, 0.4) is 0 Å². The molecule has 0 fully saturated rings. The van der Waals surface area contributed by atoms with Gasteiger partial charge in [0.25, 0.3) is 5.56 Å². The van der Waals surface area contributed by atoms with Crippen molar-refractivity contribution in [2.45, 2.75) is 32.0 Å². The van der Waals surface area contributed by atoms with E-state index in [1.54, 1.807) is 0 Å². The molecule has 3 rings (SSSR count). The van der Waals surface area contributed by atoms with E-state index in [0.717, 1.165) is 17.7 Å². The number of aryl methyl sites for hydroxylation is 1. The highest BCUT2D eigenvalue weighted by Crippen LogP contribution is 2.14. The summed E-state index contributed by atoms with van der Waals surface area (Å²) in [6, 6.07) is 7.62. The molecule has 7 nitrogen and oxygen atoms in total. The summed E-state index contributed by atoms with van der Waals surface area (Å²) in [6.45, 7) is 3.93. The summed E-state index contributed by atoms with van der Waals surface area (Å²) in [7, 11) is 0. The van der Waals surface area contributed by atoms with Gasteiger partial charge in [0.05, 0.1) is 0 Å². The summed E-state index contributed by atoms with van der Waals surface area (Å²) in [4.78, 5) is 37.4. The number of nitrogens with one attached hydrogen (secondary N) is 1. The third-order valence-corrected chi connectivity index (χ3v) is 4.51. The Morgan fingerprint density at radius 3 is 2.88 bits per heavy atom. The van der Waals surface area contributed by atoms with E-state index in [-0.39, 0.29) is 18.0 Å². The van der Waals surface area contributed by atoms with E-state index in [1.165, 1.54) is 28.9 Å². The number of aromatic nitrogens is 4. The van der Waals surface area contributed by atoms with Crippen LogP contribution in [0.4, 0.5) is 5.69 Å². The van der Waals surface area contributed by atoms with E-state index in [4.69, 9.17) is 0 Å². The molecule has 2 heterocycles. The molecule has 1 aromatic carbocycles. The van der Waals surface area contributed by atoms with Crippen molar-refractivity contribution in [3.05, 3.63) is 52.7 Å². The third-order valence-electron chi connectivity index (χ3n) is 3.76. The van der Waals surface area contributed by atoms with E-state index < -0.39 is 0 Å². The van der Waals surface area contributed by atoms with E-state index in [9.17, 15) is 9.59 Å². The summed E-state index contributed by atoms with van der Waals surface area (Å²) >= 11 is 1.48. The Hall–Kier alpha value is -2.74. The minimum absolute atomic E-state index is 0.121. The van der Waals surface area contributed by atoms with Gasteiger partial charge in [0.1, 0.15) is 18.3 Å². The van der Waals surface area contributed by atoms with Gasteiger partial charge in [-0.2, -0.15) is 0 Å². The van der Waals surface area contributed by atoms with Gasteiger partial charge in [-0.1, -0.05) is 37.7 Å². The second-order valence-corrected chi connectivity index (χ2v) is 6.83. The second-order valence-electron chi connectivity index (χ2n) is 5.60. The highest BCUT2D eigenvalue weighted by Gasteiger charge is 2.11. The van der Waals surface area contributed by atoms with Gasteiger partial charge in [-0.25, -0.2) is 15.0 Å². The van der Waals surface area contributed by atoms with Crippen LogP contribution >= 0.6 is 11.8 Å². The quantitative estimate of drug-likeness (QED) is 0.530. The minimum atomic E-state index is -0.333. The van der Waals surface area contributed by atoms with Gasteiger partial charge in [0.2, 0.25) is 5.91 Å². The number of thioether (sulfide) groups is 1. The van der Waals surface area contributed by atoms with Crippen molar-refractivity contribution in [3.8, 4) is 0 Å². The molecule has 0 aliphatic heterocycles. The second kappa shape index (κ2) is 8.09. The zero-order valence-electron chi connectivity index (χ0n) is 14.6. The molecule has 0 radical (unpaired) electrons. The number of rotatable bonds is 6. The van der Waals surface area contributed by atoms with Crippen LogP contribution in [0.5, 0.6) is 0 Å². The first-order chi connectivity index (χ1) is 12.6. The SMILES string of the molecule is CCSc1ncc2c(=O)n(CC(=O)Nc3cccc(CC)c3)cnc2n1. The molecule has 0 unspecified atom stereocenters. The van der Waals surface area contributed by atoms with Crippen molar-refractivity contribution < 1.29 is 4.79 Å². The first-order valence-corrected chi connectivity index (χ1v) is 9.33. The van der Waals surface area contributed by atoms with E-state index in [0.29, 0.717) is 21.9 Å². The Morgan fingerprint density at radius 1 is 1.27 bits per heavy atom. The number of amides is 1. The predicted molar refractivity (Wildman–Crippen MR) is 102 cm³/mol. The average Bonchev–Trinajstić information content (AvgIpc) is 2.64. The predicted octanol–water partition coefficient (Wildman–Crippen LogP) is 2.50. The molecule has 0 bridgehead atoms. The molecule has 0 spiro atoms. The summed E-state index contributed by atoms with van der Waals surface area (Å²) in [6.07, 6.45) is 3.70. The molecule has 8 heteroatoms. The minimum Gasteiger partial charge on any atom is -0.325 e. The van der Waals surface area contributed by atoms with E-state index in [2.05, 4.69) is 20.3 Å². The van der Waals surface area contributed by atoms with Crippen LogP contribution in [-0.4, -0.2) is 31.2 Å². The fourth-order valence-corrected chi connectivity index (χ4v) is 3.01. The normalized spacial score (nSPS) is 10.8. The summed E-state index contributed by atoms with van der Waals surface area (Å²) < 4.78 is 1.26. The maximum atomic E-state index is 12.5. The molecule has 26 heavy (non-hydrogen) atoms. The Kier molecular flexibility index (Phi) is 5.62. The van der Waals surface area contributed by atoms with Gasteiger partial charge in [-0.15, -0.1) is 0 Å². The van der Waals surface area contributed by atoms with Crippen LogP contribution in [0.1, 0.15) is 19.4 Å². The molecule has 134 valence electrons. The topological polar surface area (TPSA) is 89.8 Å². The highest BCUT2D eigenvalue weighted by atomic mass is 32.2. The third kappa shape index (κ3) is 4.08. The fourth-order valence-electron chi connectivity index (χ4n) is 2.47. The molecule has 3 aromatic rings. The molecule has 1 amide bonds. The van der Waals surface area contributed by atoms with Gasteiger partial charge in [0.15, 0.2) is 10.8 Å². The van der Waals surface area contributed by atoms with Crippen LogP contribution in [0, 0.1) is 0 Å².